The van der Waals surface area contributed by atoms with Crippen molar-refractivity contribution in [2.45, 2.75) is 39.0 Å². The van der Waals surface area contributed by atoms with E-state index in [9.17, 15) is 4.79 Å². The molecule has 1 rings (SSSR count). The summed E-state index contributed by atoms with van der Waals surface area (Å²) in [6.45, 7) is 7.41. The van der Waals surface area contributed by atoms with Crippen LogP contribution in [-0.2, 0) is 14.3 Å². The van der Waals surface area contributed by atoms with Crippen molar-refractivity contribution in [2.24, 2.45) is 0 Å². The lowest BCUT2D eigenvalue weighted by molar-refractivity contribution is -0.143. The maximum Gasteiger partial charge on any atom is 0.305 e. The monoisotopic (exact) mass is 243 g/mol. The summed E-state index contributed by atoms with van der Waals surface area (Å²) in [6, 6.07) is 0. The molecule has 1 aliphatic rings. The lowest BCUT2D eigenvalue weighted by atomic mass is 10.1. The van der Waals surface area contributed by atoms with Crippen LogP contribution < -0.4 is 0 Å². The van der Waals surface area contributed by atoms with Crippen LogP contribution in [0.15, 0.2) is 0 Å². The van der Waals surface area contributed by atoms with E-state index in [-0.39, 0.29) is 5.97 Å². The minimum Gasteiger partial charge on any atom is -0.466 e. The van der Waals surface area contributed by atoms with Gasteiger partial charge < -0.3 is 9.47 Å². The number of nitrogens with zero attached hydrogens (tertiary/aromatic N) is 1. The van der Waals surface area contributed by atoms with E-state index in [4.69, 9.17) is 9.47 Å². The molecule has 1 fully saturated rings. The molecule has 0 aromatic rings. The van der Waals surface area contributed by atoms with Gasteiger partial charge in [-0.25, -0.2) is 0 Å². The lowest BCUT2D eigenvalue weighted by Gasteiger charge is -2.26. The Morgan fingerprint density at radius 2 is 1.88 bits per heavy atom. The minimum absolute atomic E-state index is 0.0549. The molecule has 0 N–H and O–H groups in total. The zero-order chi connectivity index (χ0) is 12.3. The fourth-order valence-corrected chi connectivity index (χ4v) is 2.02. The van der Waals surface area contributed by atoms with E-state index in [0.717, 1.165) is 39.1 Å². The molecule has 0 saturated carbocycles. The molecule has 1 heterocycles. The van der Waals surface area contributed by atoms with Crippen LogP contribution >= 0.6 is 0 Å². The summed E-state index contributed by atoms with van der Waals surface area (Å²) < 4.78 is 10.2. The number of ether oxygens (including phenoxy) is 2. The summed E-state index contributed by atoms with van der Waals surface area (Å²) in [5.41, 5.74) is 0. The van der Waals surface area contributed by atoms with Crippen LogP contribution in [0.5, 0.6) is 0 Å². The average Bonchev–Trinajstić information content (AvgIpc) is 2.35. The number of carbonyl (C=O) groups excluding carboxylic acids is 1. The lowest BCUT2D eigenvalue weighted by Crippen LogP contribution is -2.36. The third-order valence-electron chi connectivity index (χ3n) is 3.01. The highest BCUT2D eigenvalue weighted by Crippen LogP contribution is 2.06. The number of carbonyl (C=O) groups is 1. The molecule has 1 aliphatic heterocycles. The molecule has 100 valence electrons. The third kappa shape index (κ3) is 7.34. The van der Waals surface area contributed by atoms with Gasteiger partial charge in [0.15, 0.2) is 0 Å². The van der Waals surface area contributed by atoms with Crippen LogP contribution in [0, 0.1) is 0 Å². The molecule has 1 saturated heterocycles. The van der Waals surface area contributed by atoms with Crippen molar-refractivity contribution in [3.8, 4) is 0 Å². The van der Waals surface area contributed by atoms with Gasteiger partial charge in [-0.1, -0.05) is 12.8 Å². The topological polar surface area (TPSA) is 38.8 Å². The van der Waals surface area contributed by atoms with Crippen LogP contribution in [0.4, 0.5) is 0 Å². The second kappa shape index (κ2) is 9.42. The number of unbranched alkanes of at least 4 members (excludes halogenated alkanes) is 3. The second-order valence-corrected chi connectivity index (χ2v) is 4.42. The van der Waals surface area contributed by atoms with Crippen molar-refractivity contribution in [2.75, 3.05) is 39.5 Å². The number of hydrogen-bond donors (Lipinski definition) is 0. The van der Waals surface area contributed by atoms with E-state index in [1.165, 1.54) is 19.4 Å². The van der Waals surface area contributed by atoms with Crippen LogP contribution in [0.3, 0.4) is 0 Å². The first-order chi connectivity index (χ1) is 8.33. The molecular formula is C13H25NO3. The van der Waals surface area contributed by atoms with Gasteiger partial charge in [0, 0.05) is 19.5 Å². The van der Waals surface area contributed by atoms with Crippen molar-refractivity contribution < 1.29 is 14.3 Å². The Morgan fingerprint density at radius 3 is 2.59 bits per heavy atom. The fraction of sp³-hybridized carbons (Fsp3) is 0.923. The first kappa shape index (κ1) is 14.5. The maximum atomic E-state index is 11.1. The molecule has 0 bridgehead atoms. The number of esters is 1. The molecule has 0 aliphatic carbocycles. The van der Waals surface area contributed by atoms with Crippen LogP contribution in [0.25, 0.3) is 0 Å². The molecule has 0 radical (unpaired) electrons. The summed E-state index contributed by atoms with van der Waals surface area (Å²) in [6.07, 6.45) is 5.09. The van der Waals surface area contributed by atoms with E-state index < -0.39 is 0 Å². The van der Waals surface area contributed by atoms with Crippen LogP contribution in [-0.4, -0.2) is 50.3 Å². The van der Waals surface area contributed by atoms with Crippen molar-refractivity contribution in [3.05, 3.63) is 0 Å². The Hall–Kier alpha value is -0.610. The van der Waals surface area contributed by atoms with Gasteiger partial charge in [-0.05, 0) is 26.3 Å². The Kier molecular flexibility index (Phi) is 8.01. The smallest absolute Gasteiger partial charge is 0.305 e. The predicted octanol–water partition coefficient (Wildman–Crippen LogP) is 1.83. The quantitative estimate of drug-likeness (QED) is 0.481. The molecule has 0 aromatic heterocycles. The van der Waals surface area contributed by atoms with E-state index >= 15 is 0 Å². The highest BCUT2D eigenvalue weighted by Gasteiger charge is 2.09. The molecule has 4 nitrogen and oxygen atoms in total. The molecule has 0 unspecified atom stereocenters. The Balaban J connectivity index is 1.85. The summed E-state index contributed by atoms with van der Waals surface area (Å²) in [5.74, 6) is -0.0549. The van der Waals surface area contributed by atoms with Crippen LogP contribution in [0.1, 0.15) is 39.0 Å². The fourth-order valence-electron chi connectivity index (χ4n) is 2.02. The highest BCUT2D eigenvalue weighted by atomic mass is 16.5. The summed E-state index contributed by atoms with van der Waals surface area (Å²) in [5, 5.41) is 0. The number of morpholine rings is 1. The predicted molar refractivity (Wildman–Crippen MR) is 67.0 cm³/mol. The first-order valence-corrected chi connectivity index (χ1v) is 6.78. The zero-order valence-electron chi connectivity index (χ0n) is 11.0. The van der Waals surface area contributed by atoms with Gasteiger partial charge in [0.25, 0.3) is 0 Å². The Morgan fingerprint density at radius 1 is 1.18 bits per heavy atom. The van der Waals surface area contributed by atoms with E-state index in [1.54, 1.807) is 0 Å². The van der Waals surface area contributed by atoms with Gasteiger partial charge in [0.1, 0.15) is 0 Å². The number of hydrogen-bond acceptors (Lipinski definition) is 4. The second-order valence-electron chi connectivity index (χ2n) is 4.42. The van der Waals surface area contributed by atoms with Crippen molar-refractivity contribution in [3.63, 3.8) is 0 Å². The molecule has 0 spiro atoms. The molecule has 0 atom stereocenters. The first-order valence-electron chi connectivity index (χ1n) is 6.78. The van der Waals surface area contributed by atoms with Gasteiger partial charge in [0.05, 0.1) is 19.8 Å². The van der Waals surface area contributed by atoms with Crippen molar-refractivity contribution in [1.29, 1.82) is 0 Å². The van der Waals surface area contributed by atoms with Gasteiger partial charge in [0.2, 0.25) is 0 Å². The Labute approximate surface area is 104 Å². The highest BCUT2D eigenvalue weighted by molar-refractivity contribution is 5.69. The molecular weight excluding hydrogens is 218 g/mol. The van der Waals surface area contributed by atoms with Gasteiger partial charge in [-0.15, -0.1) is 0 Å². The minimum atomic E-state index is -0.0549. The maximum absolute atomic E-state index is 11.1. The number of rotatable bonds is 8. The van der Waals surface area contributed by atoms with Gasteiger partial charge in [-0.2, -0.15) is 0 Å². The normalized spacial score (nSPS) is 17.0. The SMILES string of the molecule is CCOC(=O)CCCCCCN1CCOCC1. The molecule has 0 amide bonds. The summed E-state index contributed by atoms with van der Waals surface area (Å²) in [4.78, 5) is 13.5. The zero-order valence-corrected chi connectivity index (χ0v) is 11.0. The van der Waals surface area contributed by atoms with Gasteiger partial charge in [-0.3, -0.25) is 9.69 Å². The standard InChI is InChI=1S/C13H25NO3/c1-2-17-13(15)7-5-3-4-6-8-14-9-11-16-12-10-14/h2-12H2,1H3. The van der Waals surface area contributed by atoms with E-state index in [1.807, 2.05) is 6.92 Å². The third-order valence-corrected chi connectivity index (χ3v) is 3.01. The van der Waals surface area contributed by atoms with Crippen molar-refractivity contribution in [1.82, 2.24) is 4.90 Å². The Bertz CT molecular complexity index is 203. The molecule has 17 heavy (non-hydrogen) atoms. The van der Waals surface area contributed by atoms with Crippen molar-refractivity contribution >= 4 is 5.97 Å². The summed E-state index contributed by atoms with van der Waals surface area (Å²) >= 11 is 0. The van der Waals surface area contributed by atoms with E-state index in [2.05, 4.69) is 4.90 Å². The molecule has 4 heteroatoms. The average molecular weight is 243 g/mol. The van der Waals surface area contributed by atoms with E-state index in [0.29, 0.717) is 13.0 Å². The molecule has 0 aromatic carbocycles. The largest absolute Gasteiger partial charge is 0.466 e. The summed E-state index contributed by atoms with van der Waals surface area (Å²) in [7, 11) is 0. The van der Waals surface area contributed by atoms with Crippen LogP contribution in [0.2, 0.25) is 0 Å². The van der Waals surface area contributed by atoms with Gasteiger partial charge >= 0.3 is 5.97 Å².